The zero-order valence-corrected chi connectivity index (χ0v) is 22.8. The predicted molar refractivity (Wildman–Crippen MR) is 150 cm³/mol. The summed E-state index contributed by atoms with van der Waals surface area (Å²) in [5, 5.41) is 13.0. The van der Waals surface area contributed by atoms with E-state index < -0.39 is 0 Å². The molecule has 0 saturated heterocycles. The van der Waals surface area contributed by atoms with Gasteiger partial charge in [-0.15, -0.1) is 10.2 Å². The van der Waals surface area contributed by atoms with Crippen molar-refractivity contribution in [3.63, 3.8) is 0 Å². The summed E-state index contributed by atoms with van der Waals surface area (Å²) in [5.74, 6) is 1.18. The average Bonchev–Trinajstić information content (AvgIpc) is 3.64. The normalized spacial score (nSPS) is 16.3. The van der Waals surface area contributed by atoms with Gasteiger partial charge in [0.25, 0.3) is 5.91 Å². The number of carbonyl (C=O) groups excluding carboxylic acids is 1. The highest BCUT2D eigenvalue weighted by atomic mass is 35.5. The summed E-state index contributed by atoms with van der Waals surface area (Å²) in [6, 6.07) is 16.2. The standard InChI is InChI=1S/C29H28Cl2N6O/c1-17(33-22-5-3-4-6-22)20-12-26(31)34-27(13-20)37-15-19-8-7-18(11-24(19)29(37)38)23-10-9-21(30)14-25(23)28-35-32-16-36(28)2/h7-14,16-17,22,33H,3-6,15H2,1-2H3/t17-/m0/s1. The van der Waals surface area contributed by atoms with Crippen LogP contribution in [0.1, 0.15) is 60.1 Å². The van der Waals surface area contributed by atoms with Crippen LogP contribution in [-0.4, -0.2) is 31.7 Å². The van der Waals surface area contributed by atoms with Crippen LogP contribution < -0.4 is 10.2 Å². The van der Waals surface area contributed by atoms with Gasteiger partial charge < -0.3 is 9.88 Å². The molecule has 38 heavy (non-hydrogen) atoms. The van der Waals surface area contributed by atoms with E-state index in [4.69, 9.17) is 23.2 Å². The van der Waals surface area contributed by atoms with Gasteiger partial charge >= 0.3 is 0 Å². The van der Waals surface area contributed by atoms with E-state index >= 15 is 0 Å². The Morgan fingerprint density at radius 2 is 1.82 bits per heavy atom. The monoisotopic (exact) mass is 546 g/mol. The molecule has 3 heterocycles. The summed E-state index contributed by atoms with van der Waals surface area (Å²) in [6.07, 6.45) is 6.59. The van der Waals surface area contributed by atoms with Crippen molar-refractivity contribution in [2.24, 2.45) is 7.05 Å². The van der Waals surface area contributed by atoms with Crippen molar-refractivity contribution in [3.05, 3.63) is 81.7 Å². The maximum Gasteiger partial charge on any atom is 0.260 e. The smallest absolute Gasteiger partial charge is 0.260 e. The van der Waals surface area contributed by atoms with E-state index in [0.29, 0.717) is 40.0 Å². The number of aryl methyl sites for hydroxylation is 1. The van der Waals surface area contributed by atoms with Gasteiger partial charge in [0.1, 0.15) is 17.3 Å². The second kappa shape index (κ2) is 10.1. The van der Waals surface area contributed by atoms with E-state index in [1.807, 2.05) is 60.1 Å². The Hall–Kier alpha value is -3.26. The number of halogens is 2. The summed E-state index contributed by atoms with van der Waals surface area (Å²) in [4.78, 5) is 19.9. The topological polar surface area (TPSA) is 75.9 Å². The highest BCUT2D eigenvalue weighted by Crippen LogP contribution is 2.37. The number of anilines is 1. The van der Waals surface area contributed by atoms with E-state index in [1.54, 1.807) is 11.2 Å². The molecule has 2 aliphatic rings. The largest absolute Gasteiger partial charge is 0.317 e. The summed E-state index contributed by atoms with van der Waals surface area (Å²) < 4.78 is 1.85. The van der Waals surface area contributed by atoms with Gasteiger partial charge in [-0.3, -0.25) is 9.69 Å². The number of hydrogen-bond acceptors (Lipinski definition) is 5. The Morgan fingerprint density at radius 3 is 2.58 bits per heavy atom. The van der Waals surface area contributed by atoms with E-state index in [9.17, 15) is 4.79 Å². The van der Waals surface area contributed by atoms with Gasteiger partial charge in [0, 0.05) is 35.3 Å². The molecule has 0 bridgehead atoms. The average molecular weight is 547 g/mol. The fourth-order valence-corrected chi connectivity index (χ4v) is 5.95. The number of carbonyl (C=O) groups is 1. The number of nitrogens with one attached hydrogen (secondary N) is 1. The highest BCUT2D eigenvalue weighted by molar-refractivity contribution is 6.31. The Bertz CT molecular complexity index is 1530. The lowest BCUT2D eigenvalue weighted by Gasteiger charge is -2.22. The Balaban J connectivity index is 1.31. The predicted octanol–water partition coefficient (Wildman–Crippen LogP) is 6.60. The number of hydrogen-bond donors (Lipinski definition) is 1. The van der Waals surface area contributed by atoms with Gasteiger partial charge in [0.2, 0.25) is 0 Å². The number of benzene rings is 2. The number of nitrogens with zero attached hydrogens (tertiary/aromatic N) is 5. The van der Waals surface area contributed by atoms with E-state index in [2.05, 4.69) is 27.4 Å². The lowest BCUT2D eigenvalue weighted by atomic mass is 9.96. The first-order chi connectivity index (χ1) is 18.4. The summed E-state index contributed by atoms with van der Waals surface area (Å²) in [7, 11) is 1.89. The van der Waals surface area contributed by atoms with Crippen LogP contribution in [0.4, 0.5) is 5.82 Å². The maximum atomic E-state index is 13.7. The molecular weight excluding hydrogens is 519 g/mol. The quantitative estimate of drug-likeness (QED) is 0.275. The van der Waals surface area contributed by atoms with E-state index in [0.717, 1.165) is 27.8 Å². The number of amides is 1. The van der Waals surface area contributed by atoms with Crippen molar-refractivity contribution in [1.82, 2.24) is 25.1 Å². The molecule has 1 atom stereocenters. The minimum Gasteiger partial charge on any atom is -0.317 e. The third-order valence-electron chi connectivity index (χ3n) is 7.58. The molecule has 1 aliphatic heterocycles. The fourth-order valence-electron chi connectivity index (χ4n) is 5.57. The minimum absolute atomic E-state index is 0.0897. The second-order valence-electron chi connectivity index (χ2n) is 10.2. The third-order valence-corrected chi connectivity index (χ3v) is 8.01. The minimum atomic E-state index is -0.0897. The van der Waals surface area contributed by atoms with Gasteiger partial charge in [-0.25, -0.2) is 4.98 Å². The van der Waals surface area contributed by atoms with Gasteiger partial charge in [-0.1, -0.05) is 54.2 Å². The molecule has 7 nitrogen and oxygen atoms in total. The van der Waals surface area contributed by atoms with Crippen molar-refractivity contribution in [2.45, 2.75) is 51.2 Å². The van der Waals surface area contributed by atoms with E-state index in [1.165, 1.54) is 25.7 Å². The second-order valence-corrected chi connectivity index (χ2v) is 11.0. The van der Waals surface area contributed by atoms with E-state index in [-0.39, 0.29) is 11.9 Å². The molecule has 2 aromatic heterocycles. The number of fused-ring (bicyclic) bond motifs is 1. The molecule has 1 saturated carbocycles. The van der Waals surface area contributed by atoms with Gasteiger partial charge in [-0.2, -0.15) is 0 Å². The van der Waals surface area contributed by atoms with Crippen molar-refractivity contribution < 1.29 is 4.79 Å². The number of rotatable bonds is 6. The molecule has 194 valence electrons. The van der Waals surface area contributed by atoms with Crippen LogP contribution in [0.5, 0.6) is 0 Å². The van der Waals surface area contributed by atoms with Crippen LogP contribution >= 0.6 is 23.2 Å². The van der Waals surface area contributed by atoms with Crippen LogP contribution in [0.15, 0.2) is 54.9 Å². The van der Waals surface area contributed by atoms with Crippen molar-refractivity contribution in [2.75, 3.05) is 4.90 Å². The lowest BCUT2D eigenvalue weighted by Crippen LogP contribution is -2.29. The first-order valence-corrected chi connectivity index (χ1v) is 13.7. The fraction of sp³-hybridized carbons (Fsp3) is 0.310. The SMILES string of the molecule is C[C@H](NC1CCCC1)c1cc(Cl)nc(N2Cc3ccc(-c4ccc(Cl)cc4-c4nncn4C)cc3C2=O)c1. The molecule has 2 aromatic carbocycles. The zero-order chi connectivity index (χ0) is 26.4. The summed E-state index contributed by atoms with van der Waals surface area (Å²) >= 11 is 12.8. The first-order valence-electron chi connectivity index (χ1n) is 12.9. The Morgan fingerprint density at radius 1 is 1.00 bits per heavy atom. The van der Waals surface area contributed by atoms with Crippen LogP contribution in [0.2, 0.25) is 10.2 Å². The molecule has 4 aromatic rings. The molecule has 1 aliphatic carbocycles. The molecule has 9 heteroatoms. The third kappa shape index (κ3) is 4.70. The van der Waals surface area contributed by atoms with Crippen LogP contribution in [0.25, 0.3) is 22.5 Å². The lowest BCUT2D eigenvalue weighted by molar-refractivity contribution is 0.0996. The van der Waals surface area contributed by atoms with Crippen molar-refractivity contribution in [3.8, 4) is 22.5 Å². The Labute approximate surface area is 231 Å². The molecule has 0 spiro atoms. The summed E-state index contributed by atoms with van der Waals surface area (Å²) in [5.41, 5.74) is 5.32. The van der Waals surface area contributed by atoms with Crippen molar-refractivity contribution in [1.29, 1.82) is 0 Å². The maximum absolute atomic E-state index is 13.7. The zero-order valence-electron chi connectivity index (χ0n) is 21.3. The molecule has 6 rings (SSSR count). The highest BCUT2D eigenvalue weighted by Gasteiger charge is 2.31. The van der Waals surface area contributed by atoms with Crippen molar-refractivity contribution >= 4 is 34.9 Å². The van der Waals surface area contributed by atoms with Gasteiger partial charge in [0.15, 0.2) is 5.82 Å². The molecular formula is C29H28Cl2N6O. The summed E-state index contributed by atoms with van der Waals surface area (Å²) in [6.45, 7) is 2.59. The first kappa shape index (κ1) is 25.0. The molecule has 0 radical (unpaired) electrons. The molecule has 1 fully saturated rings. The van der Waals surface area contributed by atoms with Gasteiger partial charge in [0.05, 0.1) is 6.54 Å². The number of aromatic nitrogens is 4. The van der Waals surface area contributed by atoms with Crippen LogP contribution in [0.3, 0.4) is 0 Å². The molecule has 1 amide bonds. The van der Waals surface area contributed by atoms with Crippen LogP contribution in [-0.2, 0) is 13.6 Å². The van der Waals surface area contributed by atoms with Gasteiger partial charge in [-0.05, 0) is 72.4 Å². The molecule has 0 unspecified atom stereocenters. The van der Waals surface area contributed by atoms with Crippen LogP contribution in [0, 0.1) is 0 Å². The Kier molecular flexibility index (Phi) is 6.68. The molecule has 1 N–H and O–H groups in total. The number of pyridine rings is 1.